The smallest absolute Gasteiger partial charge is 0.317 e. The van der Waals surface area contributed by atoms with Gasteiger partial charge in [0.25, 0.3) is 0 Å². The molecule has 2 amide bonds. The molecule has 1 fully saturated rings. The van der Waals surface area contributed by atoms with Crippen molar-refractivity contribution in [2.24, 2.45) is 5.92 Å². The number of aliphatic carboxylic acids is 1. The molecule has 1 atom stereocenters. The van der Waals surface area contributed by atoms with Crippen molar-refractivity contribution in [3.63, 3.8) is 0 Å². The summed E-state index contributed by atoms with van der Waals surface area (Å²) in [6.45, 7) is 1.52. The molecule has 2 heterocycles. The molecule has 0 aromatic carbocycles. The minimum Gasteiger partial charge on any atom is -0.481 e. The van der Waals surface area contributed by atoms with Crippen LogP contribution < -0.4 is 5.32 Å². The summed E-state index contributed by atoms with van der Waals surface area (Å²) in [7, 11) is 0. The number of halogens is 1. The zero-order valence-electron chi connectivity index (χ0n) is 11.0. The molecule has 5 nitrogen and oxygen atoms in total. The first-order valence-electron chi connectivity index (χ1n) is 6.56. The highest BCUT2D eigenvalue weighted by atomic mass is 79.9. The fraction of sp³-hybridized carbons (Fsp3) is 0.538. The van der Waals surface area contributed by atoms with Crippen LogP contribution in [0.25, 0.3) is 0 Å². The summed E-state index contributed by atoms with van der Waals surface area (Å²) in [5.74, 6) is -1.24. The van der Waals surface area contributed by atoms with E-state index in [9.17, 15) is 9.59 Å². The summed E-state index contributed by atoms with van der Waals surface area (Å²) in [4.78, 5) is 25.8. The molecule has 0 aliphatic carbocycles. The van der Waals surface area contributed by atoms with Gasteiger partial charge >= 0.3 is 12.0 Å². The van der Waals surface area contributed by atoms with Gasteiger partial charge in [-0.2, -0.15) is 0 Å². The molecule has 1 aromatic heterocycles. The first kappa shape index (κ1) is 15.3. The molecule has 20 heavy (non-hydrogen) atoms. The number of nitrogens with zero attached hydrogens (tertiary/aromatic N) is 1. The molecular weight excluding hydrogens is 344 g/mol. The van der Waals surface area contributed by atoms with Gasteiger partial charge in [0.2, 0.25) is 0 Å². The van der Waals surface area contributed by atoms with Crippen LogP contribution in [0.5, 0.6) is 0 Å². The van der Waals surface area contributed by atoms with Gasteiger partial charge in [0.05, 0.1) is 9.70 Å². The molecule has 110 valence electrons. The number of urea groups is 1. The molecule has 2 rings (SSSR count). The Hall–Kier alpha value is -1.08. The van der Waals surface area contributed by atoms with Crippen molar-refractivity contribution in [1.29, 1.82) is 0 Å². The number of hydrogen-bond acceptors (Lipinski definition) is 3. The van der Waals surface area contributed by atoms with Crippen molar-refractivity contribution >= 4 is 39.3 Å². The van der Waals surface area contributed by atoms with E-state index in [1.165, 1.54) is 4.88 Å². The van der Waals surface area contributed by atoms with Gasteiger partial charge in [-0.3, -0.25) is 4.79 Å². The van der Waals surface area contributed by atoms with Crippen LogP contribution in [-0.2, 0) is 11.2 Å². The number of amides is 2. The van der Waals surface area contributed by atoms with Crippen LogP contribution >= 0.6 is 27.3 Å². The standard InChI is InChI=1S/C13H17BrN2O3S/c14-11-4-3-10(20-11)5-6-15-13(19)16-7-1-2-9(8-16)12(17)18/h3-4,9H,1-2,5-8H2,(H,15,19)(H,17,18)/t9-/m1/s1. The largest absolute Gasteiger partial charge is 0.481 e. The Balaban J connectivity index is 1.75. The second-order valence-electron chi connectivity index (χ2n) is 4.81. The summed E-state index contributed by atoms with van der Waals surface area (Å²) >= 11 is 5.06. The van der Waals surface area contributed by atoms with Crippen molar-refractivity contribution in [1.82, 2.24) is 10.2 Å². The van der Waals surface area contributed by atoms with E-state index in [0.717, 1.165) is 16.6 Å². The van der Waals surface area contributed by atoms with E-state index >= 15 is 0 Å². The van der Waals surface area contributed by atoms with E-state index in [2.05, 4.69) is 21.2 Å². The summed E-state index contributed by atoms with van der Waals surface area (Å²) in [6, 6.07) is 3.86. The molecule has 7 heteroatoms. The Morgan fingerprint density at radius 1 is 1.50 bits per heavy atom. The number of piperidine rings is 1. The van der Waals surface area contributed by atoms with Crippen molar-refractivity contribution in [3.05, 3.63) is 20.8 Å². The van der Waals surface area contributed by atoms with Crippen LogP contribution in [-0.4, -0.2) is 41.6 Å². The van der Waals surface area contributed by atoms with E-state index in [-0.39, 0.29) is 6.03 Å². The monoisotopic (exact) mass is 360 g/mol. The van der Waals surface area contributed by atoms with Gasteiger partial charge in [-0.05, 0) is 47.3 Å². The lowest BCUT2D eigenvalue weighted by molar-refractivity contribution is -0.143. The first-order chi connectivity index (χ1) is 9.56. The number of likely N-dealkylation sites (tertiary alicyclic amines) is 1. The number of hydrogen-bond donors (Lipinski definition) is 2. The van der Waals surface area contributed by atoms with Crippen molar-refractivity contribution in [3.8, 4) is 0 Å². The molecular formula is C13H17BrN2O3S. The first-order valence-corrected chi connectivity index (χ1v) is 8.17. The van der Waals surface area contributed by atoms with Gasteiger partial charge in [0, 0.05) is 24.5 Å². The molecule has 0 saturated carbocycles. The third-order valence-corrected chi connectivity index (χ3v) is 5.02. The zero-order chi connectivity index (χ0) is 14.5. The summed E-state index contributed by atoms with van der Waals surface area (Å²) < 4.78 is 1.08. The summed E-state index contributed by atoms with van der Waals surface area (Å²) in [6.07, 6.45) is 2.20. The predicted octanol–water partition coefficient (Wildman–Crippen LogP) is 2.56. The van der Waals surface area contributed by atoms with Gasteiger partial charge in [-0.25, -0.2) is 4.79 Å². The van der Waals surface area contributed by atoms with Gasteiger partial charge in [-0.15, -0.1) is 11.3 Å². The van der Waals surface area contributed by atoms with Gasteiger partial charge < -0.3 is 15.3 Å². The fourth-order valence-electron chi connectivity index (χ4n) is 2.25. The van der Waals surface area contributed by atoms with Gasteiger partial charge in [-0.1, -0.05) is 0 Å². The average molecular weight is 361 g/mol. The summed E-state index contributed by atoms with van der Waals surface area (Å²) in [5.41, 5.74) is 0. The maximum Gasteiger partial charge on any atom is 0.317 e. The summed E-state index contributed by atoms with van der Waals surface area (Å²) in [5, 5.41) is 11.9. The van der Waals surface area contributed by atoms with E-state index in [0.29, 0.717) is 26.1 Å². The minimum atomic E-state index is -0.814. The SMILES string of the molecule is O=C(O)[C@@H]1CCCN(C(=O)NCCc2ccc(Br)s2)C1. The molecule has 1 aliphatic rings. The van der Waals surface area contributed by atoms with Crippen LogP contribution in [0, 0.1) is 5.92 Å². The third-order valence-electron chi connectivity index (χ3n) is 3.33. The number of rotatable bonds is 4. The topological polar surface area (TPSA) is 69.6 Å². The van der Waals surface area contributed by atoms with Crippen LogP contribution in [0.4, 0.5) is 4.79 Å². The third kappa shape index (κ3) is 4.21. The molecule has 0 bridgehead atoms. The van der Waals surface area contributed by atoms with Crippen molar-refractivity contribution in [2.45, 2.75) is 19.3 Å². The minimum absolute atomic E-state index is 0.161. The molecule has 1 aliphatic heterocycles. The average Bonchev–Trinajstić information content (AvgIpc) is 2.84. The lowest BCUT2D eigenvalue weighted by atomic mass is 9.99. The number of carboxylic acid groups (broad SMARTS) is 1. The van der Waals surface area contributed by atoms with Crippen LogP contribution in [0.2, 0.25) is 0 Å². The molecule has 1 aromatic rings. The lowest BCUT2D eigenvalue weighted by Crippen LogP contribution is -2.47. The van der Waals surface area contributed by atoms with Gasteiger partial charge in [0.1, 0.15) is 0 Å². The normalized spacial score (nSPS) is 18.9. The number of nitrogens with one attached hydrogen (secondary N) is 1. The second kappa shape index (κ2) is 7.08. The Morgan fingerprint density at radius 3 is 2.95 bits per heavy atom. The Bertz CT molecular complexity index is 492. The lowest BCUT2D eigenvalue weighted by Gasteiger charge is -2.30. The molecule has 0 spiro atoms. The van der Waals surface area contributed by atoms with Crippen LogP contribution in [0.1, 0.15) is 17.7 Å². The van der Waals surface area contributed by atoms with E-state index in [1.807, 2.05) is 12.1 Å². The maximum atomic E-state index is 12.0. The van der Waals surface area contributed by atoms with Crippen molar-refractivity contribution < 1.29 is 14.7 Å². The highest BCUT2D eigenvalue weighted by Crippen LogP contribution is 2.22. The quantitative estimate of drug-likeness (QED) is 0.866. The van der Waals surface area contributed by atoms with Crippen molar-refractivity contribution in [2.75, 3.05) is 19.6 Å². The number of carboxylic acids is 1. The van der Waals surface area contributed by atoms with Crippen LogP contribution in [0.15, 0.2) is 15.9 Å². The highest BCUT2D eigenvalue weighted by molar-refractivity contribution is 9.11. The zero-order valence-corrected chi connectivity index (χ0v) is 13.4. The molecule has 2 N–H and O–H groups in total. The highest BCUT2D eigenvalue weighted by Gasteiger charge is 2.27. The Kier molecular flexibility index (Phi) is 5.42. The molecule has 0 unspecified atom stereocenters. The molecule has 1 saturated heterocycles. The maximum absolute atomic E-state index is 12.0. The molecule has 0 radical (unpaired) electrons. The van der Waals surface area contributed by atoms with E-state index < -0.39 is 11.9 Å². The Labute approximate surface area is 130 Å². The Morgan fingerprint density at radius 2 is 2.30 bits per heavy atom. The number of carbonyl (C=O) groups is 2. The van der Waals surface area contributed by atoms with E-state index in [4.69, 9.17) is 5.11 Å². The number of thiophene rings is 1. The second-order valence-corrected chi connectivity index (χ2v) is 7.36. The van der Waals surface area contributed by atoms with Crippen LogP contribution in [0.3, 0.4) is 0 Å². The van der Waals surface area contributed by atoms with Gasteiger partial charge in [0.15, 0.2) is 0 Å². The van der Waals surface area contributed by atoms with E-state index in [1.54, 1.807) is 16.2 Å². The number of carbonyl (C=O) groups excluding carboxylic acids is 1. The fourth-order valence-corrected chi connectivity index (χ4v) is 3.74. The predicted molar refractivity (Wildman–Crippen MR) is 81.1 cm³/mol.